The number of aromatic nitrogens is 3. The molecule has 2 N–H and O–H groups in total. The van der Waals surface area contributed by atoms with E-state index in [-0.39, 0.29) is 23.7 Å². The number of aryl methyl sites for hydroxylation is 1. The van der Waals surface area contributed by atoms with Crippen LogP contribution in [-0.4, -0.2) is 33.9 Å². The van der Waals surface area contributed by atoms with Crippen molar-refractivity contribution < 1.29 is 14.3 Å². The van der Waals surface area contributed by atoms with Crippen LogP contribution in [0.5, 0.6) is 5.88 Å². The van der Waals surface area contributed by atoms with E-state index in [2.05, 4.69) is 25.6 Å². The van der Waals surface area contributed by atoms with Gasteiger partial charge in [-0.2, -0.15) is 4.98 Å². The molecule has 0 aliphatic rings. The van der Waals surface area contributed by atoms with Crippen LogP contribution in [0.25, 0.3) is 0 Å². The van der Waals surface area contributed by atoms with E-state index >= 15 is 0 Å². The lowest BCUT2D eigenvalue weighted by Crippen LogP contribution is -2.13. The molecule has 0 atom stereocenters. The van der Waals surface area contributed by atoms with Crippen LogP contribution in [0.2, 0.25) is 0 Å². The second kappa shape index (κ2) is 8.81. The van der Waals surface area contributed by atoms with Gasteiger partial charge in [-0.3, -0.25) is 14.9 Å². The van der Waals surface area contributed by atoms with E-state index in [1.807, 2.05) is 26.8 Å². The average Bonchev–Trinajstić information content (AvgIpc) is 2.56. The second-order valence-electron chi connectivity index (χ2n) is 6.22. The van der Waals surface area contributed by atoms with Crippen LogP contribution in [0.4, 0.5) is 11.8 Å². The highest BCUT2D eigenvalue weighted by Crippen LogP contribution is 2.38. The van der Waals surface area contributed by atoms with Crippen molar-refractivity contribution in [2.45, 2.75) is 50.3 Å². The lowest BCUT2D eigenvalue weighted by molar-refractivity contribution is -0.115. The molecule has 0 saturated heterocycles. The Morgan fingerprint density at radius 3 is 2.33 bits per heavy atom. The minimum absolute atomic E-state index is 0.128. The summed E-state index contributed by atoms with van der Waals surface area (Å²) in [7, 11) is 1.59. The van der Waals surface area contributed by atoms with Crippen LogP contribution < -0.4 is 15.4 Å². The molecule has 9 heteroatoms. The van der Waals surface area contributed by atoms with Crippen molar-refractivity contribution in [2.24, 2.45) is 0 Å². The number of carbonyl (C=O) groups excluding carboxylic acids is 2. The Balaban J connectivity index is 2.48. The monoisotopic (exact) mass is 389 g/mol. The summed E-state index contributed by atoms with van der Waals surface area (Å²) in [5, 5.41) is 5.20. The van der Waals surface area contributed by atoms with E-state index in [9.17, 15) is 9.59 Å². The summed E-state index contributed by atoms with van der Waals surface area (Å²) in [6, 6.07) is 1.99. The van der Waals surface area contributed by atoms with Gasteiger partial charge in [0.2, 0.25) is 23.6 Å². The molecule has 0 spiro atoms. The summed E-state index contributed by atoms with van der Waals surface area (Å²) < 4.78 is 5.33. The highest BCUT2D eigenvalue weighted by molar-refractivity contribution is 7.99. The SMILES string of the molecule is COc1nc(C(C)C)c(Sc2cnc(NC(C)=O)nc2NC(C)=O)cc1C. The van der Waals surface area contributed by atoms with Crippen LogP contribution in [-0.2, 0) is 9.59 Å². The molecule has 2 amide bonds. The summed E-state index contributed by atoms with van der Waals surface area (Å²) in [6.45, 7) is 8.78. The zero-order valence-electron chi connectivity index (χ0n) is 16.2. The molecule has 0 bridgehead atoms. The maximum absolute atomic E-state index is 11.6. The molecule has 0 aliphatic heterocycles. The number of rotatable bonds is 6. The Morgan fingerprint density at radius 2 is 1.78 bits per heavy atom. The van der Waals surface area contributed by atoms with Crippen LogP contribution in [0.3, 0.4) is 0 Å². The van der Waals surface area contributed by atoms with E-state index in [1.165, 1.54) is 25.6 Å². The summed E-state index contributed by atoms with van der Waals surface area (Å²) in [6.07, 6.45) is 1.57. The molecule has 0 radical (unpaired) electrons. The first-order valence-corrected chi connectivity index (χ1v) is 9.18. The van der Waals surface area contributed by atoms with Crippen molar-refractivity contribution in [3.05, 3.63) is 23.5 Å². The largest absolute Gasteiger partial charge is 0.481 e. The van der Waals surface area contributed by atoms with Gasteiger partial charge < -0.3 is 10.1 Å². The molecule has 8 nitrogen and oxygen atoms in total. The molecule has 2 aromatic rings. The van der Waals surface area contributed by atoms with Gasteiger partial charge in [0.1, 0.15) is 0 Å². The Kier molecular flexibility index (Phi) is 6.73. The van der Waals surface area contributed by atoms with Gasteiger partial charge in [-0.05, 0) is 18.9 Å². The predicted octanol–water partition coefficient (Wildman–Crippen LogP) is 3.38. The topological polar surface area (TPSA) is 106 Å². The van der Waals surface area contributed by atoms with E-state index in [0.717, 1.165) is 16.2 Å². The molecule has 27 heavy (non-hydrogen) atoms. The first-order valence-electron chi connectivity index (χ1n) is 8.36. The van der Waals surface area contributed by atoms with E-state index in [1.54, 1.807) is 13.3 Å². The van der Waals surface area contributed by atoms with Crippen LogP contribution in [0, 0.1) is 6.92 Å². The summed E-state index contributed by atoms with van der Waals surface area (Å²) in [4.78, 5) is 37.4. The summed E-state index contributed by atoms with van der Waals surface area (Å²) in [5.74, 6) is 0.657. The first kappa shape index (κ1) is 20.6. The zero-order valence-corrected chi connectivity index (χ0v) is 17.0. The van der Waals surface area contributed by atoms with Gasteiger partial charge in [0.25, 0.3) is 0 Å². The third-order valence-corrected chi connectivity index (χ3v) is 4.52. The van der Waals surface area contributed by atoms with Gasteiger partial charge >= 0.3 is 0 Å². The second-order valence-corrected chi connectivity index (χ2v) is 7.31. The molecule has 0 aliphatic carbocycles. The lowest BCUT2D eigenvalue weighted by atomic mass is 10.1. The van der Waals surface area contributed by atoms with Crippen molar-refractivity contribution in [2.75, 3.05) is 17.7 Å². The van der Waals surface area contributed by atoms with Crippen LogP contribution in [0.1, 0.15) is 44.9 Å². The van der Waals surface area contributed by atoms with E-state index in [4.69, 9.17) is 4.74 Å². The predicted molar refractivity (Wildman–Crippen MR) is 104 cm³/mol. The molecule has 2 rings (SSSR count). The number of nitrogens with zero attached hydrogens (tertiary/aromatic N) is 3. The Hall–Kier alpha value is -2.68. The number of pyridine rings is 1. The first-order chi connectivity index (χ1) is 12.7. The fourth-order valence-electron chi connectivity index (χ4n) is 2.32. The number of methoxy groups -OCH3 is 1. The van der Waals surface area contributed by atoms with Gasteiger partial charge in [0.05, 0.1) is 17.7 Å². The fraction of sp³-hybridized carbons (Fsp3) is 0.389. The zero-order chi connectivity index (χ0) is 20.1. The highest BCUT2D eigenvalue weighted by atomic mass is 32.2. The minimum atomic E-state index is -0.291. The third kappa shape index (κ3) is 5.40. The van der Waals surface area contributed by atoms with Crippen molar-refractivity contribution in [3.63, 3.8) is 0 Å². The van der Waals surface area contributed by atoms with Gasteiger partial charge in [-0.25, -0.2) is 9.97 Å². The van der Waals surface area contributed by atoms with Gasteiger partial charge in [-0.1, -0.05) is 25.6 Å². The number of carbonyl (C=O) groups is 2. The fourth-order valence-corrected chi connectivity index (χ4v) is 3.48. The number of hydrogen-bond donors (Lipinski definition) is 2. The Bertz CT molecular complexity index is 870. The number of anilines is 2. The summed E-state index contributed by atoms with van der Waals surface area (Å²) in [5.41, 5.74) is 1.78. The maximum Gasteiger partial charge on any atom is 0.231 e. The molecule has 2 heterocycles. The molecular weight excluding hydrogens is 366 g/mol. The van der Waals surface area contributed by atoms with Gasteiger partial charge in [0.15, 0.2) is 5.82 Å². The molecule has 0 unspecified atom stereocenters. The summed E-state index contributed by atoms with van der Waals surface area (Å²) >= 11 is 1.40. The number of ether oxygens (including phenoxy) is 1. The van der Waals surface area contributed by atoms with Crippen LogP contribution >= 0.6 is 11.8 Å². The van der Waals surface area contributed by atoms with Crippen LogP contribution in [0.15, 0.2) is 22.1 Å². The van der Waals surface area contributed by atoms with Crippen molar-refractivity contribution in [1.82, 2.24) is 15.0 Å². The van der Waals surface area contributed by atoms with Crippen molar-refractivity contribution in [3.8, 4) is 5.88 Å². The minimum Gasteiger partial charge on any atom is -0.481 e. The quantitative estimate of drug-likeness (QED) is 0.780. The normalized spacial score (nSPS) is 10.6. The lowest BCUT2D eigenvalue weighted by Gasteiger charge is -2.16. The van der Waals surface area contributed by atoms with Gasteiger partial charge in [-0.15, -0.1) is 0 Å². The molecule has 0 aromatic carbocycles. The molecule has 2 aromatic heterocycles. The smallest absolute Gasteiger partial charge is 0.231 e. The number of amides is 2. The van der Waals surface area contributed by atoms with Crippen molar-refractivity contribution >= 4 is 35.3 Å². The Labute approximate surface area is 162 Å². The van der Waals surface area contributed by atoms with Gasteiger partial charge in [0, 0.05) is 30.5 Å². The van der Waals surface area contributed by atoms with Crippen molar-refractivity contribution in [1.29, 1.82) is 0 Å². The number of hydrogen-bond acceptors (Lipinski definition) is 7. The Morgan fingerprint density at radius 1 is 1.11 bits per heavy atom. The molecule has 0 saturated carbocycles. The maximum atomic E-state index is 11.6. The average molecular weight is 389 g/mol. The third-order valence-electron chi connectivity index (χ3n) is 3.46. The molecule has 144 valence electrons. The standard InChI is InChI=1S/C18H23N5O3S/c1-9(2)15-13(7-10(3)17(22-15)26-6)27-14-8-19-18(21-12(5)25)23-16(14)20-11(4)24/h7-9H,1-6H3,(H2,19,20,21,23,24,25). The molecular formula is C18H23N5O3S. The highest BCUT2D eigenvalue weighted by Gasteiger charge is 2.17. The number of nitrogens with one attached hydrogen (secondary N) is 2. The molecule has 0 fully saturated rings. The van der Waals surface area contributed by atoms with E-state index in [0.29, 0.717) is 16.6 Å². The van der Waals surface area contributed by atoms with E-state index < -0.39 is 0 Å².